The fourth-order valence-electron chi connectivity index (χ4n) is 3.17. The van der Waals surface area contributed by atoms with Crippen LogP contribution in [0.5, 0.6) is 5.75 Å². The predicted molar refractivity (Wildman–Crippen MR) is 132 cm³/mol. The van der Waals surface area contributed by atoms with Crippen LogP contribution in [0.1, 0.15) is 5.56 Å². The monoisotopic (exact) mass is 535 g/mol. The van der Waals surface area contributed by atoms with E-state index in [1.165, 1.54) is 24.3 Å². The maximum Gasteiger partial charge on any atom is 0.318 e. The zero-order valence-corrected chi connectivity index (χ0v) is 19.6. The van der Waals surface area contributed by atoms with Crippen molar-refractivity contribution in [3.63, 3.8) is 0 Å². The highest BCUT2D eigenvalue weighted by atomic mass is 35.5. The van der Waals surface area contributed by atoms with E-state index in [1.807, 2.05) is 4.90 Å². The van der Waals surface area contributed by atoms with E-state index in [0.29, 0.717) is 44.0 Å². The number of nitro groups is 2. The Labute approximate surface area is 213 Å². The second-order valence-electron chi connectivity index (χ2n) is 7.30. The van der Waals surface area contributed by atoms with Crippen LogP contribution in [-0.2, 0) is 4.74 Å². The molecule has 17 heteroatoms. The van der Waals surface area contributed by atoms with E-state index in [1.54, 1.807) is 0 Å². The number of rotatable bonds is 8. The average Bonchev–Trinajstić information content (AvgIpc) is 2.86. The molecule has 1 aliphatic heterocycles. The first-order valence-electron chi connectivity index (χ1n) is 10.4. The molecule has 0 unspecified atom stereocenters. The Morgan fingerprint density at radius 1 is 1.05 bits per heavy atom. The lowest BCUT2D eigenvalue weighted by Gasteiger charge is -2.27. The zero-order valence-electron chi connectivity index (χ0n) is 18.8. The molecule has 15 nitrogen and oxygen atoms in total. The van der Waals surface area contributed by atoms with Gasteiger partial charge in [0.05, 0.1) is 40.9 Å². The van der Waals surface area contributed by atoms with Crippen LogP contribution in [0.15, 0.2) is 41.5 Å². The molecule has 1 fully saturated rings. The van der Waals surface area contributed by atoms with Crippen LogP contribution >= 0.6 is 12.4 Å². The Balaban J connectivity index is 0.00000380. The summed E-state index contributed by atoms with van der Waals surface area (Å²) in [6, 6.07) is 7.10. The maximum atomic E-state index is 13.2. The summed E-state index contributed by atoms with van der Waals surface area (Å²) in [6.45, 7) is 1.98. The Morgan fingerprint density at radius 2 is 1.73 bits per heavy atom. The van der Waals surface area contributed by atoms with Crippen LogP contribution < -0.4 is 15.6 Å². The second kappa shape index (κ2) is 11.8. The van der Waals surface area contributed by atoms with Crippen molar-refractivity contribution in [2.45, 2.75) is 0 Å². The first-order chi connectivity index (χ1) is 17.3. The van der Waals surface area contributed by atoms with Gasteiger partial charge in [-0.15, -0.1) is 12.4 Å². The largest absolute Gasteiger partial charge is 0.502 e. The van der Waals surface area contributed by atoms with Crippen molar-refractivity contribution in [3.8, 4) is 5.75 Å². The summed E-state index contributed by atoms with van der Waals surface area (Å²) in [5.74, 6) is -0.827. The number of ether oxygens (including phenoxy) is 1. The van der Waals surface area contributed by atoms with Gasteiger partial charge in [-0.1, -0.05) is 0 Å². The van der Waals surface area contributed by atoms with E-state index in [-0.39, 0.29) is 29.9 Å². The predicted octanol–water partition coefficient (Wildman–Crippen LogP) is 2.98. The van der Waals surface area contributed by atoms with E-state index in [4.69, 9.17) is 4.74 Å². The number of nitrogens with one attached hydrogen (secondary N) is 2. The van der Waals surface area contributed by atoms with E-state index >= 15 is 0 Å². The van der Waals surface area contributed by atoms with E-state index in [2.05, 4.69) is 30.8 Å². The molecule has 0 saturated carbocycles. The van der Waals surface area contributed by atoms with E-state index in [9.17, 15) is 29.7 Å². The molecule has 0 spiro atoms. The summed E-state index contributed by atoms with van der Waals surface area (Å²) in [4.78, 5) is 35.2. The normalized spacial score (nSPS) is 13.2. The topological polar surface area (TPSA) is 194 Å². The Morgan fingerprint density at radius 3 is 2.38 bits per heavy atom. The van der Waals surface area contributed by atoms with Crippen molar-refractivity contribution in [1.29, 1.82) is 0 Å². The quantitative estimate of drug-likeness (QED) is 0.217. The molecule has 0 radical (unpaired) electrons. The maximum absolute atomic E-state index is 13.2. The van der Waals surface area contributed by atoms with E-state index in [0.717, 1.165) is 12.3 Å². The van der Waals surface area contributed by atoms with Crippen LogP contribution in [0, 0.1) is 26.0 Å². The number of morpholine rings is 1. The number of anilines is 4. The zero-order chi connectivity index (χ0) is 25.7. The Hall–Kier alpha value is -4.70. The third-order valence-corrected chi connectivity index (χ3v) is 4.90. The molecule has 4 rings (SSSR count). The van der Waals surface area contributed by atoms with Gasteiger partial charge < -0.3 is 20.1 Å². The molecule has 0 aliphatic carbocycles. The molecule has 1 saturated heterocycles. The lowest BCUT2D eigenvalue weighted by molar-refractivity contribution is -0.394. The molecule has 0 atom stereocenters. The third kappa shape index (κ3) is 6.71. The number of phenolic OH excluding ortho intramolecular Hbond substituents is 1. The smallest absolute Gasteiger partial charge is 0.318 e. The molecular weight excluding hydrogens is 517 g/mol. The number of benzene rings is 2. The van der Waals surface area contributed by atoms with Crippen molar-refractivity contribution >= 4 is 53.5 Å². The summed E-state index contributed by atoms with van der Waals surface area (Å²) in [7, 11) is 0. The average molecular weight is 536 g/mol. The van der Waals surface area contributed by atoms with Crippen molar-refractivity contribution in [3.05, 3.63) is 68.0 Å². The highest BCUT2D eigenvalue weighted by Gasteiger charge is 2.23. The number of hydrogen-bond acceptors (Lipinski definition) is 13. The van der Waals surface area contributed by atoms with Gasteiger partial charge >= 0.3 is 5.69 Å². The van der Waals surface area contributed by atoms with Gasteiger partial charge in [-0.2, -0.15) is 20.1 Å². The van der Waals surface area contributed by atoms with Gasteiger partial charge in [-0.25, -0.2) is 9.82 Å². The molecule has 0 amide bonds. The van der Waals surface area contributed by atoms with Gasteiger partial charge in [0.25, 0.3) is 5.69 Å². The number of non-ortho nitro benzene ring substituents is 1. The molecule has 3 N–H and O–H groups in total. The number of aromatic hydroxyl groups is 1. The fourth-order valence-corrected chi connectivity index (χ4v) is 3.17. The fraction of sp³-hybridized carbons (Fsp3) is 0.200. The SMILES string of the molecule is Cl.O=[N+]([O-])c1cc(C=NNc2nc(Nc3ccc(F)cc3)nc(N3CCOCC3)n2)c(O)c([N+](=O)[O-])c1. The minimum atomic E-state index is -0.943. The summed E-state index contributed by atoms with van der Waals surface area (Å²) in [5.41, 5.74) is 1.34. The molecule has 194 valence electrons. The molecule has 3 aromatic rings. The van der Waals surface area contributed by atoms with Crippen LogP contribution in [0.25, 0.3) is 0 Å². The molecule has 2 aromatic carbocycles. The van der Waals surface area contributed by atoms with Gasteiger partial charge in [0, 0.05) is 24.8 Å². The highest BCUT2D eigenvalue weighted by molar-refractivity contribution is 5.87. The molecule has 0 bridgehead atoms. The molecule has 1 aliphatic rings. The molecule has 1 aromatic heterocycles. The third-order valence-electron chi connectivity index (χ3n) is 4.90. The first kappa shape index (κ1) is 26.9. The van der Waals surface area contributed by atoms with Crippen molar-refractivity contribution in [2.75, 3.05) is 41.9 Å². The van der Waals surface area contributed by atoms with Crippen LogP contribution in [-0.4, -0.2) is 62.4 Å². The Kier molecular flexibility index (Phi) is 8.59. The van der Waals surface area contributed by atoms with Crippen LogP contribution in [0.2, 0.25) is 0 Å². The number of aromatic nitrogens is 3. The summed E-state index contributed by atoms with van der Waals surface area (Å²) < 4.78 is 18.6. The number of halogens is 2. The van der Waals surface area contributed by atoms with Crippen LogP contribution in [0.3, 0.4) is 0 Å². The summed E-state index contributed by atoms with van der Waals surface area (Å²) in [6.07, 6.45) is 0.959. The van der Waals surface area contributed by atoms with Gasteiger partial charge in [-0.3, -0.25) is 20.2 Å². The van der Waals surface area contributed by atoms with Crippen molar-refractivity contribution in [2.24, 2.45) is 5.10 Å². The van der Waals surface area contributed by atoms with Gasteiger partial charge in [0.1, 0.15) is 5.82 Å². The van der Waals surface area contributed by atoms with Gasteiger partial charge in [0.15, 0.2) is 0 Å². The standard InChI is InChI=1S/C20H18FN9O6.ClH/c21-13-1-3-14(4-2-13)23-18-24-19(26-20(25-18)28-5-7-36-8-6-28)27-22-11-12-9-15(29(32)33)10-16(17(12)31)30(34)35;/h1-4,9-11,31H,5-8H2,(H2,23,24,25,26,27);1H. The van der Waals surface area contributed by atoms with Crippen molar-refractivity contribution in [1.82, 2.24) is 15.0 Å². The molecular formula is C20H19ClFN9O6. The van der Waals surface area contributed by atoms with Crippen LogP contribution in [0.4, 0.5) is 39.3 Å². The van der Waals surface area contributed by atoms with Crippen molar-refractivity contribution < 1.29 is 24.1 Å². The summed E-state index contributed by atoms with van der Waals surface area (Å²) in [5, 5.41) is 39.2. The highest BCUT2D eigenvalue weighted by Crippen LogP contribution is 2.33. The van der Waals surface area contributed by atoms with Gasteiger partial charge in [0.2, 0.25) is 23.6 Å². The summed E-state index contributed by atoms with van der Waals surface area (Å²) >= 11 is 0. The number of nitro benzene ring substituents is 2. The van der Waals surface area contributed by atoms with Gasteiger partial charge in [-0.05, 0) is 24.3 Å². The Bertz CT molecular complexity index is 1320. The van der Waals surface area contributed by atoms with E-state index < -0.39 is 32.8 Å². The lowest BCUT2D eigenvalue weighted by Crippen LogP contribution is -2.37. The minimum absolute atomic E-state index is 0. The minimum Gasteiger partial charge on any atom is -0.502 e. The number of hydrogen-bond donors (Lipinski definition) is 3. The molecule has 37 heavy (non-hydrogen) atoms. The lowest BCUT2D eigenvalue weighted by atomic mass is 10.1. The number of phenols is 1. The molecule has 2 heterocycles. The number of nitrogens with zero attached hydrogens (tertiary/aromatic N) is 7. The first-order valence-corrected chi connectivity index (χ1v) is 10.4. The number of hydrazone groups is 1. The second-order valence-corrected chi connectivity index (χ2v) is 7.30.